The summed E-state index contributed by atoms with van der Waals surface area (Å²) in [4.78, 5) is 10.9. The number of aromatic carboxylic acids is 1. The minimum atomic E-state index is -0.985. The lowest BCUT2D eigenvalue weighted by Crippen LogP contribution is -2.00. The number of hydrogen-bond acceptors (Lipinski definition) is 2. The average Bonchev–Trinajstić information content (AvgIpc) is 2.25. The van der Waals surface area contributed by atoms with Gasteiger partial charge in [-0.3, -0.25) is 0 Å². The van der Waals surface area contributed by atoms with Crippen molar-refractivity contribution in [2.24, 2.45) is 0 Å². The zero-order valence-electron chi connectivity index (χ0n) is 8.24. The minimum Gasteiger partial charge on any atom is -0.496 e. The van der Waals surface area contributed by atoms with Crippen molar-refractivity contribution in [3.63, 3.8) is 0 Å². The van der Waals surface area contributed by atoms with Crippen LogP contribution in [0.15, 0.2) is 24.3 Å². The summed E-state index contributed by atoms with van der Waals surface area (Å²) < 4.78 is 4.95. The van der Waals surface area contributed by atoms with E-state index in [4.69, 9.17) is 9.84 Å². The summed E-state index contributed by atoms with van der Waals surface area (Å²) in [7, 11) is 1.45. The normalized spacial score (nSPS) is 10.5. The molecule has 0 radical (unpaired) electrons. The largest absolute Gasteiger partial charge is 0.496 e. The molecular formula is C11H11BrO3. The predicted molar refractivity (Wildman–Crippen MR) is 62.8 cm³/mol. The molecule has 3 nitrogen and oxygen atoms in total. The van der Waals surface area contributed by atoms with Crippen molar-refractivity contribution in [3.05, 3.63) is 35.4 Å². The van der Waals surface area contributed by atoms with Gasteiger partial charge in [-0.25, -0.2) is 4.79 Å². The van der Waals surface area contributed by atoms with E-state index in [2.05, 4.69) is 15.9 Å². The first-order valence-electron chi connectivity index (χ1n) is 4.33. The Morgan fingerprint density at radius 3 is 2.87 bits per heavy atom. The molecule has 1 rings (SSSR count). The van der Waals surface area contributed by atoms with Crippen LogP contribution in [-0.4, -0.2) is 23.5 Å². The number of carboxylic acids is 1. The van der Waals surface area contributed by atoms with Crippen LogP contribution in [0.1, 0.15) is 15.9 Å². The van der Waals surface area contributed by atoms with E-state index in [1.807, 2.05) is 18.2 Å². The maximum atomic E-state index is 10.9. The number of rotatable bonds is 4. The summed E-state index contributed by atoms with van der Waals surface area (Å²) in [5, 5.41) is 9.67. The first-order chi connectivity index (χ1) is 7.19. The molecule has 0 saturated carbocycles. The number of methoxy groups -OCH3 is 1. The number of alkyl halides is 1. The molecule has 0 bridgehead atoms. The van der Waals surface area contributed by atoms with Gasteiger partial charge in [-0.05, 0) is 17.7 Å². The second-order valence-electron chi connectivity index (χ2n) is 2.82. The van der Waals surface area contributed by atoms with E-state index >= 15 is 0 Å². The van der Waals surface area contributed by atoms with E-state index in [1.165, 1.54) is 7.11 Å². The van der Waals surface area contributed by atoms with Crippen LogP contribution in [0.4, 0.5) is 0 Å². The van der Waals surface area contributed by atoms with Gasteiger partial charge in [-0.1, -0.05) is 34.1 Å². The Bertz CT molecular complexity index is 385. The molecule has 0 aromatic heterocycles. The van der Waals surface area contributed by atoms with Gasteiger partial charge < -0.3 is 9.84 Å². The van der Waals surface area contributed by atoms with E-state index < -0.39 is 5.97 Å². The van der Waals surface area contributed by atoms with E-state index in [-0.39, 0.29) is 5.56 Å². The molecule has 0 aliphatic carbocycles. The Morgan fingerprint density at radius 2 is 2.33 bits per heavy atom. The molecule has 0 unspecified atom stereocenters. The van der Waals surface area contributed by atoms with Crippen molar-refractivity contribution in [3.8, 4) is 5.75 Å². The number of ether oxygens (including phenoxy) is 1. The van der Waals surface area contributed by atoms with Crippen molar-refractivity contribution in [1.29, 1.82) is 0 Å². The van der Waals surface area contributed by atoms with Crippen molar-refractivity contribution >= 4 is 28.0 Å². The summed E-state index contributed by atoms with van der Waals surface area (Å²) >= 11 is 3.25. The van der Waals surface area contributed by atoms with Crippen molar-refractivity contribution in [2.75, 3.05) is 12.4 Å². The third-order valence-corrected chi connectivity index (χ3v) is 2.23. The molecule has 0 aliphatic heterocycles. The Balaban J connectivity index is 3.10. The summed E-state index contributed by atoms with van der Waals surface area (Å²) in [5.41, 5.74) is 1.02. The summed E-state index contributed by atoms with van der Waals surface area (Å²) in [6.45, 7) is 0. The molecular weight excluding hydrogens is 260 g/mol. The zero-order chi connectivity index (χ0) is 11.3. The van der Waals surface area contributed by atoms with Gasteiger partial charge in [0.25, 0.3) is 0 Å². The van der Waals surface area contributed by atoms with Crippen LogP contribution in [0.5, 0.6) is 5.75 Å². The highest BCUT2D eigenvalue weighted by Gasteiger charge is 2.10. The standard InChI is InChI=1S/C11H11BrO3/c1-15-10-5-4-8(3-2-6-12)7-9(10)11(13)14/h2-5,7H,6H2,1H3,(H,13,14). The Morgan fingerprint density at radius 1 is 1.60 bits per heavy atom. The number of carboxylic acid groups (broad SMARTS) is 1. The van der Waals surface area contributed by atoms with Gasteiger partial charge in [0, 0.05) is 5.33 Å². The van der Waals surface area contributed by atoms with Gasteiger partial charge in [0.05, 0.1) is 7.11 Å². The maximum absolute atomic E-state index is 10.9. The first kappa shape index (κ1) is 11.8. The number of carbonyl (C=O) groups is 1. The number of halogens is 1. The fourth-order valence-corrected chi connectivity index (χ4v) is 1.36. The molecule has 0 aliphatic rings. The Kier molecular flexibility index (Phi) is 4.37. The van der Waals surface area contributed by atoms with Crippen LogP contribution in [0.25, 0.3) is 6.08 Å². The Labute approximate surface area is 96.5 Å². The van der Waals surface area contributed by atoms with Crippen LogP contribution in [0.2, 0.25) is 0 Å². The molecule has 0 spiro atoms. The third-order valence-electron chi connectivity index (χ3n) is 1.85. The van der Waals surface area contributed by atoms with Crippen molar-refractivity contribution in [1.82, 2.24) is 0 Å². The van der Waals surface area contributed by atoms with Gasteiger partial charge in [0.15, 0.2) is 0 Å². The lowest BCUT2D eigenvalue weighted by atomic mass is 10.1. The quantitative estimate of drug-likeness (QED) is 0.856. The van der Waals surface area contributed by atoms with Gasteiger partial charge in [0.1, 0.15) is 11.3 Å². The van der Waals surface area contributed by atoms with Crippen LogP contribution >= 0.6 is 15.9 Å². The fraction of sp³-hybridized carbons (Fsp3) is 0.182. The molecule has 0 fully saturated rings. The van der Waals surface area contributed by atoms with E-state index in [9.17, 15) is 4.79 Å². The Hall–Kier alpha value is -1.29. The minimum absolute atomic E-state index is 0.175. The van der Waals surface area contributed by atoms with Gasteiger partial charge in [-0.2, -0.15) is 0 Å². The molecule has 15 heavy (non-hydrogen) atoms. The maximum Gasteiger partial charge on any atom is 0.339 e. The lowest BCUT2D eigenvalue weighted by Gasteiger charge is -2.05. The van der Waals surface area contributed by atoms with Crippen molar-refractivity contribution < 1.29 is 14.6 Å². The van der Waals surface area contributed by atoms with Crippen LogP contribution < -0.4 is 4.74 Å². The SMILES string of the molecule is COc1ccc(C=CCBr)cc1C(=O)O. The zero-order valence-corrected chi connectivity index (χ0v) is 9.82. The van der Waals surface area contributed by atoms with E-state index in [1.54, 1.807) is 12.1 Å². The van der Waals surface area contributed by atoms with Crippen LogP contribution in [0.3, 0.4) is 0 Å². The van der Waals surface area contributed by atoms with Crippen molar-refractivity contribution in [2.45, 2.75) is 0 Å². The second kappa shape index (κ2) is 5.56. The van der Waals surface area contributed by atoms with Gasteiger partial charge in [0.2, 0.25) is 0 Å². The second-order valence-corrected chi connectivity index (χ2v) is 3.47. The van der Waals surface area contributed by atoms with Gasteiger partial charge in [-0.15, -0.1) is 0 Å². The number of allylic oxidation sites excluding steroid dienone is 1. The van der Waals surface area contributed by atoms with E-state index in [0.717, 1.165) is 10.9 Å². The van der Waals surface area contributed by atoms with Crippen LogP contribution in [0, 0.1) is 0 Å². The summed E-state index contributed by atoms with van der Waals surface area (Å²) in [6.07, 6.45) is 3.74. The molecule has 0 saturated heterocycles. The van der Waals surface area contributed by atoms with E-state index in [0.29, 0.717) is 5.75 Å². The fourth-order valence-electron chi connectivity index (χ4n) is 1.18. The molecule has 1 aromatic carbocycles. The smallest absolute Gasteiger partial charge is 0.339 e. The number of benzene rings is 1. The summed E-state index contributed by atoms with van der Waals surface area (Å²) in [5.74, 6) is -0.612. The highest BCUT2D eigenvalue weighted by molar-refractivity contribution is 9.09. The first-order valence-corrected chi connectivity index (χ1v) is 5.45. The topological polar surface area (TPSA) is 46.5 Å². The molecule has 0 heterocycles. The average molecular weight is 271 g/mol. The highest BCUT2D eigenvalue weighted by atomic mass is 79.9. The monoisotopic (exact) mass is 270 g/mol. The molecule has 4 heteroatoms. The highest BCUT2D eigenvalue weighted by Crippen LogP contribution is 2.20. The number of hydrogen-bond donors (Lipinski definition) is 1. The third kappa shape index (κ3) is 3.09. The summed E-state index contributed by atoms with van der Waals surface area (Å²) in [6, 6.07) is 5.04. The molecule has 80 valence electrons. The molecule has 1 N–H and O–H groups in total. The molecule has 1 aromatic rings. The van der Waals surface area contributed by atoms with Crippen LogP contribution in [-0.2, 0) is 0 Å². The predicted octanol–water partition coefficient (Wildman–Crippen LogP) is 2.80. The molecule has 0 amide bonds. The van der Waals surface area contributed by atoms with Gasteiger partial charge >= 0.3 is 5.97 Å². The lowest BCUT2D eigenvalue weighted by molar-refractivity contribution is 0.0693. The molecule has 0 atom stereocenters.